The number of aryl methyl sites for hydroxylation is 3. The molecule has 0 radical (unpaired) electrons. The first-order valence-corrected chi connectivity index (χ1v) is 6.90. The van der Waals surface area contributed by atoms with Gasteiger partial charge >= 0.3 is 0 Å². The van der Waals surface area contributed by atoms with Crippen LogP contribution in [-0.2, 0) is 13.5 Å². The monoisotopic (exact) mass is 289 g/mol. The van der Waals surface area contributed by atoms with E-state index in [0.717, 1.165) is 34.6 Å². The minimum atomic E-state index is 0.414. The molecule has 20 heavy (non-hydrogen) atoms. The predicted octanol–water partition coefficient (Wildman–Crippen LogP) is 2.29. The molecular weight excluding hydrogens is 270 g/mol. The zero-order valence-corrected chi connectivity index (χ0v) is 12.8. The molecule has 1 heterocycles. The smallest absolute Gasteiger partial charge is 0.125 e. The van der Waals surface area contributed by atoms with Crippen LogP contribution in [0.1, 0.15) is 22.4 Å². The third-order valence-electron chi connectivity index (χ3n) is 3.27. The molecule has 2 rings (SSSR count). The van der Waals surface area contributed by atoms with E-state index in [0.29, 0.717) is 11.6 Å². The molecule has 0 amide bonds. The Hall–Kier alpha value is -1.88. The summed E-state index contributed by atoms with van der Waals surface area (Å²) < 4.78 is 7.77. The first-order valence-electron chi connectivity index (χ1n) is 6.49. The Kier molecular flexibility index (Phi) is 4.39. The predicted molar refractivity (Wildman–Crippen MR) is 84.2 cm³/mol. The van der Waals surface area contributed by atoms with Crippen molar-refractivity contribution in [2.75, 3.05) is 6.61 Å². The molecule has 1 aromatic heterocycles. The lowest BCUT2D eigenvalue weighted by atomic mass is 10.1. The summed E-state index contributed by atoms with van der Waals surface area (Å²) >= 11 is 5.01. The van der Waals surface area contributed by atoms with Crippen molar-refractivity contribution in [3.8, 4) is 5.75 Å². The second-order valence-electron chi connectivity index (χ2n) is 4.85. The Bertz CT molecular complexity index is 611. The van der Waals surface area contributed by atoms with Crippen LogP contribution in [0.15, 0.2) is 24.4 Å². The van der Waals surface area contributed by atoms with E-state index in [1.54, 1.807) is 6.20 Å². The van der Waals surface area contributed by atoms with Crippen molar-refractivity contribution in [2.24, 2.45) is 12.8 Å². The van der Waals surface area contributed by atoms with E-state index in [9.17, 15) is 0 Å². The molecule has 0 atom stereocenters. The Labute approximate surface area is 124 Å². The second kappa shape index (κ2) is 6.05. The molecule has 0 aliphatic heterocycles. The van der Waals surface area contributed by atoms with Gasteiger partial charge in [-0.3, -0.25) is 4.68 Å². The van der Waals surface area contributed by atoms with E-state index in [1.807, 2.05) is 43.8 Å². The second-order valence-corrected chi connectivity index (χ2v) is 5.29. The number of ether oxygens (including phenoxy) is 1. The summed E-state index contributed by atoms with van der Waals surface area (Å²) in [5, 5.41) is 4.14. The topological polar surface area (TPSA) is 53.1 Å². The number of benzene rings is 1. The molecule has 0 aliphatic rings. The van der Waals surface area contributed by atoms with Gasteiger partial charge in [-0.05, 0) is 43.2 Å². The van der Waals surface area contributed by atoms with E-state index in [4.69, 9.17) is 22.7 Å². The maximum absolute atomic E-state index is 5.91. The summed E-state index contributed by atoms with van der Waals surface area (Å²) in [5.74, 6) is 0.909. The lowest BCUT2D eigenvalue weighted by molar-refractivity contribution is 0.314. The molecule has 2 N–H and O–H groups in total. The van der Waals surface area contributed by atoms with Gasteiger partial charge in [-0.15, -0.1) is 0 Å². The average molecular weight is 289 g/mol. The van der Waals surface area contributed by atoms with Gasteiger partial charge in [-0.25, -0.2) is 0 Å². The summed E-state index contributed by atoms with van der Waals surface area (Å²) in [6.45, 7) is 4.63. The van der Waals surface area contributed by atoms with Crippen LogP contribution >= 0.6 is 12.2 Å². The molecule has 1 aromatic carbocycles. The van der Waals surface area contributed by atoms with Gasteiger partial charge in [0.25, 0.3) is 0 Å². The molecule has 0 saturated carbocycles. The highest BCUT2D eigenvalue weighted by atomic mass is 32.1. The van der Waals surface area contributed by atoms with Crippen LogP contribution in [0.2, 0.25) is 0 Å². The van der Waals surface area contributed by atoms with Gasteiger partial charge in [0.15, 0.2) is 0 Å². The van der Waals surface area contributed by atoms with Crippen LogP contribution in [0, 0.1) is 13.8 Å². The average Bonchev–Trinajstić information content (AvgIpc) is 2.78. The van der Waals surface area contributed by atoms with Crippen molar-refractivity contribution in [3.63, 3.8) is 0 Å². The number of thiocarbonyl (C=S) groups is 1. The molecule has 0 fully saturated rings. The van der Waals surface area contributed by atoms with Crippen LogP contribution in [0.5, 0.6) is 5.75 Å². The number of nitrogens with two attached hydrogens (primary N) is 1. The van der Waals surface area contributed by atoms with E-state index < -0.39 is 0 Å². The lowest BCUT2D eigenvalue weighted by Crippen LogP contribution is -2.11. The molecule has 106 valence electrons. The van der Waals surface area contributed by atoms with E-state index in [-0.39, 0.29) is 0 Å². The van der Waals surface area contributed by atoms with Crippen molar-refractivity contribution in [3.05, 3.63) is 46.8 Å². The standard InChI is InChI=1S/C15H19N3OS/c1-10-8-12(15(16)20)9-11(2)14(10)19-7-5-13-4-6-17-18(13)3/h4,6,8-9H,5,7H2,1-3H3,(H2,16,20). The number of nitrogens with zero attached hydrogens (tertiary/aromatic N) is 2. The molecule has 0 bridgehead atoms. The summed E-state index contributed by atoms with van der Waals surface area (Å²) in [5.41, 5.74) is 9.81. The van der Waals surface area contributed by atoms with Crippen molar-refractivity contribution < 1.29 is 4.74 Å². The molecule has 0 aliphatic carbocycles. The van der Waals surface area contributed by atoms with Gasteiger partial charge in [-0.2, -0.15) is 5.10 Å². The number of hydrogen-bond donors (Lipinski definition) is 1. The van der Waals surface area contributed by atoms with Gasteiger partial charge in [0.2, 0.25) is 0 Å². The van der Waals surface area contributed by atoms with E-state index >= 15 is 0 Å². The largest absolute Gasteiger partial charge is 0.493 e. The van der Waals surface area contributed by atoms with Crippen molar-refractivity contribution in [1.29, 1.82) is 0 Å². The summed E-state index contributed by atoms with van der Waals surface area (Å²) in [4.78, 5) is 0.414. The highest BCUT2D eigenvalue weighted by Crippen LogP contribution is 2.25. The van der Waals surface area contributed by atoms with Crippen molar-refractivity contribution in [2.45, 2.75) is 20.3 Å². The maximum atomic E-state index is 5.91. The van der Waals surface area contributed by atoms with E-state index in [2.05, 4.69) is 5.10 Å². The Balaban J connectivity index is 2.06. The maximum Gasteiger partial charge on any atom is 0.125 e. The highest BCUT2D eigenvalue weighted by molar-refractivity contribution is 7.80. The zero-order chi connectivity index (χ0) is 14.7. The highest BCUT2D eigenvalue weighted by Gasteiger charge is 2.08. The van der Waals surface area contributed by atoms with Crippen LogP contribution < -0.4 is 10.5 Å². The van der Waals surface area contributed by atoms with Crippen LogP contribution in [0.4, 0.5) is 0 Å². The van der Waals surface area contributed by atoms with Crippen molar-refractivity contribution >= 4 is 17.2 Å². The quantitative estimate of drug-likeness (QED) is 0.858. The van der Waals surface area contributed by atoms with Gasteiger partial charge in [0, 0.05) is 30.9 Å². The summed E-state index contributed by atoms with van der Waals surface area (Å²) in [6, 6.07) is 5.93. The fraction of sp³-hybridized carbons (Fsp3) is 0.333. The number of rotatable bonds is 5. The minimum absolute atomic E-state index is 0.414. The molecule has 4 nitrogen and oxygen atoms in total. The molecular formula is C15H19N3OS. The van der Waals surface area contributed by atoms with Crippen molar-refractivity contribution in [1.82, 2.24) is 9.78 Å². The van der Waals surface area contributed by atoms with Crippen LogP contribution in [0.25, 0.3) is 0 Å². The summed E-state index contributed by atoms with van der Waals surface area (Å²) in [7, 11) is 1.93. The van der Waals surface area contributed by atoms with Gasteiger partial charge in [-0.1, -0.05) is 12.2 Å². The van der Waals surface area contributed by atoms with Crippen LogP contribution in [0.3, 0.4) is 0 Å². The molecule has 2 aromatic rings. The zero-order valence-electron chi connectivity index (χ0n) is 12.0. The van der Waals surface area contributed by atoms with E-state index in [1.165, 1.54) is 0 Å². The molecule has 0 spiro atoms. The molecule has 0 unspecified atom stereocenters. The Morgan fingerprint density at radius 3 is 2.50 bits per heavy atom. The number of hydrogen-bond acceptors (Lipinski definition) is 3. The minimum Gasteiger partial charge on any atom is -0.493 e. The Morgan fingerprint density at radius 1 is 1.35 bits per heavy atom. The number of aromatic nitrogens is 2. The normalized spacial score (nSPS) is 10.6. The summed E-state index contributed by atoms with van der Waals surface area (Å²) in [6.07, 6.45) is 2.62. The third-order valence-corrected chi connectivity index (χ3v) is 3.51. The molecule has 0 saturated heterocycles. The first-order chi connectivity index (χ1) is 9.49. The van der Waals surface area contributed by atoms with Gasteiger partial charge in [0.05, 0.1) is 6.61 Å². The van der Waals surface area contributed by atoms with Crippen LogP contribution in [-0.4, -0.2) is 21.4 Å². The molecule has 5 heteroatoms. The van der Waals surface area contributed by atoms with Gasteiger partial charge < -0.3 is 10.5 Å². The SMILES string of the molecule is Cc1cc(C(N)=S)cc(C)c1OCCc1ccnn1C. The van der Waals surface area contributed by atoms with Gasteiger partial charge in [0.1, 0.15) is 10.7 Å². The fourth-order valence-electron chi connectivity index (χ4n) is 2.22. The first kappa shape index (κ1) is 14.5. The fourth-order valence-corrected chi connectivity index (χ4v) is 2.34. The Morgan fingerprint density at radius 2 is 2.00 bits per heavy atom. The third kappa shape index (κ3) is 3.17. The lowest BCUT2D eigenvalue weighted by Gasteiger charge is -2.14.